The van der Waals surface area contributed by atoms with Crippen molar-refractivity contribution in [1.29, 1.82) is 0 Å². The van der Waals surface area contributed by atoms with Gasteiger partial charge in [-0.25, -0.2) is 0 Å². The van der Waals surface area contributed by atoms with E-state index in [0.717, 1.165) is 22.4 Å². The number of carbonyl (C=O) groups is 1. The van der Waals surface area contributed by atoms with Crippen LogP contribution in [0.5, 0.6) is 0 Å². The monoisotopic (exact) mass is 268 g/mol. The summed E-state index contributed by atoms with van der Waals surface area (Å²) >= 11 is 0. The second kappa shape index (κ2) is 4.89. The lowest BCUT2D eigenvalue weighted by Crippen LogP contribution is -2.26. The Bertz CT molecular complexity index is 722. The topological polar surface area (TPSA) is 58.0 Å². The highest BCUT2D eigenvalue weighted by atomic mass is 16.3. The third-order valence-corrected chi connectivity index (χ3v) is 3.31. The van der Waals surface area contributed by atoms with E-state index in [1.807, 2.05) is 56.3 Å². The number of aromatic nitrogens is 1. The minimum absolute atomic E-state index is 0.136. The molecule has 4 nitrogen and oxygen atoms in total. The van der Waals surface area contributed by atoms with Crippen molar-refractivity contribution in [2.45, 2.75) is 19.9 Å². The molecule has 0 aliphatic carbocycles. The van der Waals surface area contributed by atoms with E-state index in [1.165, 1.54) is 0 Å². The number of para-hydroxylation sites is 1. The van der Waals surface area contributed by atoms with Gasteiger partial charge in [-0.15, -0.1) is 0 Å². The van der Waals surface area contributed by atoms with Crippen molar-refractivity contribution in [3.63, 3.8) is 0 Å². The van der Waals surface area contributed by atoms with Gasteiger partial charge in [-0.2, -0.15) is 0 Å². The van der Waals surface area contributed by atoms with Crippen LogP contribution < -0.4 is 5.32 Å². The average molecular weight is 268 g/mol. The van der Waals surface area contributed by atoms with Crippen LogP contribution in [0.2, 0.25) is 0 Å². The minimum atomic E-state index is -0.164. The van der Waals surface area contributed by atoms with Crippen LogP contribution in [-0.4, -0.2) is 10.9 Å². The van der Waals surface area contributed by atoms with Crippen molar-refractivity contribution in [2.24, 2.45) is 0 Å². The molecule has 0 unspecified atom stereocenters. The van der Waals surface area contributed by atoms with Gasteiger partial charge in [-0.3, -0.25) is 4.79 Å². The Morgan fingerprint density at radius 1 is 1.25 bits per heavy atom. The lowest BCUT2D eigenvalue weighted by Gasteiger charge is -2.10. The Balaban J connectivity index is 1.78. The molecule has 0 saturated heterocycles. The van der Waals surface area contributed by atoms with Gasteiger partial charge in [0.25, 0.3) is 5.91 Å². The molecule has 102 valence electrons. The molecule has 3 aromatic rings. The smallest absolute Gasteiger partial charge is 0.268 e. The highest BCUT2D eigenvalue weighted by Crippen LogP contribution is 2.18. The first-order valence-corrected chi connectivity index (χ1v) is 6.58. The predicted octanol–water partition coefficient (Wildman–Crippen LogP) is 3.56. The molecule has 0 spiro atoms. The largest absolute Gasteiger partial charge is 0.464 e. The first-order chi connectivity index (χ1) is 9.63. The first kappa shape index (κ1) is 12.5. The van der Waals surface area contributed by atoms with Crippen molar-refractivity contribution in [1.82, 2.24) is 10.3 Å². The summed E-state index contributed by atoms with van der Waals surface area (Å²) < 4.78 is 5.52. The Hall–Kier alpha value is -2.49. The number of furan rings is 1. The quantitative estimate of drug-likeness (QED) is 0.763. The molecule has 0 bridgehead atoms. The number of benzene rings is 1. The average Bonchev–Trinajstić information content (AvgIpc) is 3.04. The van der Waals surface area contributed by atoms with Crippen LogP contribution in [0.3, 0.4) is 0 Å². The Morgan fingerprint density at radius 3 is 2.75 bits per heavy atom. The fourth-order valence-corrected chi connectivity index (χ4v) is 2.23. The zero-order valence-electron chi connectivity index (χ0n) is 11.4. The molecule has 0 aliphatic rings. The SMILES string of the molecule is Cc1ccc([C@@H](C)NC(=O)c2cc3ccccc3[nH]2)o1. The first-order valence-electron chi connectivity index (χ1n) is 6.58. The normalized spacial score (nSPS) is 12.5. The molecule has 20 heavy (non-hydrogen) atoms. The third kappa shape index (κ3) is 2.32. The molecule has 0 radical (unpaired) electrons. The lowest BCUT2D eigenvalue weighted by molar-refractivity contribution is 0.0931. The van der Waals surface area contributed by atoms with Crippen LogP contribution in [0.15, 0.2) is 46.9 Å². The number of aryl methyl sites for hydroxylation is 1. The predicted molar refractivity (Wildman–Crippen MR) is 77.6 cm³/mol. The second-order valence-corrected chi connectivity index (χ2v) is 4.91. The molecule has 2 N–H and O–H groups in total. The van der Waals surface area contributed by atoms with Crippen molar-refractivity contribution in [2.75, 3.05) is 0 Å². The summed E-state index contributed by atoms with van der Waals surface area (Å²) in [5.41, 5.74) is 1.51. The number of amides is 1. The van der Waals surface area contributed by atoms with Gasteiger partial charge in [0.2, 0.25) is 0 Å². The van der Waals surface area contributed by atoms with Crippen LogP contribution in [0.4, 0.5) is 0 Å². The minimum Gasteiger partial charge on any atom is -0.464 e. The van der Waals surface area contributed by atoms with Gasteiger partial charge in [0.15, 0.2) is 0 Å². The van der Waals surface area contributed by atoms with Crippen molar-refractivity contribution in [3.05, 3.63) is 59.7 Å². The number of hydrogen-bond donors (Lipinski definition) is 2. The summed E-state index contributed by atoms with van der Waals surface area (Å²) in [5.74, 6) is 1.46. The van der Waals surface area contributed by atoms with Crippen LogP contribution in [0, 0.1) is 6.92 Å². The number of H-pyrrole nitrogens is 1. The summed E-state index contributed by atoms with van der Waals surface area (Å²) in [7, 11) is 0. The van der Waals surface area contributed by atoms with Crippen molar-refractivity contribution < 1.29 is 9.21 Å². The van der Waals surface area contributed by atoms with Gasteiger partial charge >= 0.3 is 0 Å². The van der Waals surface area contributed by atoms with E-state index in [9.17, 15) is 4.79 Å². The number of rotatable bonds is 3. The highest BCUT2D eigenvalue weighted by Gasteiger charge is 2.15. The third-order valence-electron chi connectivity index (χ3n) is 3.31. The van der Waals surface area contributed by atoms with Crippen molar-refractivity contribution in [3.8, 4) is 0 Å². The molecule has 1 aromatic carbocycles. The maximum atomic E-state index is 12.2. The van der Waals surface area contributed by atoms with Crippen molar-refractivity contribution >= 4 is 16.8 Å². The summed E-state index contributed by atoms with van der Waals surface area (Å²) in [6.45, 7) is 3.79. The zero-order valence-corrected chi connectivity index (χ0v) is 11.4. The Labute approximate surface area is 116 Å². The number of hydrogen-bond acceptors (Lipinski definition) is 2. The molecule has 2 heterocycles. The summed E-state index contributed by atoms with van der Waals surface area (Å²) in [5, 5.41) is 3.95. The summed E-state index contributed by atoms with van der Waals surface area (Å²) in [4.78, 5) is 15.3. The van der Waals surface area contributed by atoms with E-state index in [0.29, 0.717) is 5.69 Å². The number of aromatic amines is 1. The van der Waals surface area contributed by atoms with Crippen LogP contribution >= 0.6 is 0 Å². The molecule has 4 heteroatoms. The Kier molecular flexibility index (Phi) is 3.06. The fraction of sp³-hybridized carbons (Fsp3) is 0.188. The molecule has 0 fully saturated rings. The van der Waals surface area contributed by atoms with Gasteiger partial charge in [0, 0.05) is 10.9 Å². The molecule has 1 atom stereocenters. The van der Waals surface area contributed by atoms with Gasteiger partial charge in [-0.1, -0.05) is 18.2 Å². The van der Waals surface area contributed by atoms with E-state index < -0.39 is 0 Å². The van der Waals surface area contributed by atoms with Gasteiger partial charge in [0.1, 0.15) is 17.2 Å². The van der Waals surface area contributed by atoms with E-state index >= 15 is 0 Å². The van der Waals surface area contributed by atoms with Gasteiger partial charge in [-0.05, 0) is 38.1 Å². The Morgan fingerprint density at radius 2 is 2.05 bits per heavy atom. The van der Waals surface area contributed by atoms with Crippen LogP contribution in [0.25, 0.3) is 10.9 Å². The van der Waals surface area contributed by atoms with Crippen LogP contribution in [-0.2, 0) is 0 Å². The second-order valence-electron chi connectivity index (χ2n) is 4.91. The van der Waals surface area contributed by atoms with Crippen LogP contribution in [0.1, 0.15) is 35.0 Å². The molecule has 2 aromatic heterocycles. The number of fused-ring (bicyclic) bond motifs is 1. The fourth-order valence-electron chi connectivity index (χ4n) is 2.23. The standard InChI is InChI=1S/C16H16N2O2/c1-10-7-8-15(20-10)11(2)17-16(19)14-9-12-5-3-4-6-13(12)18-14/h3-9,11,18H,1-2H3,(H,17,19)/t11-/m1/s1. The van der Waals surface area contributed by atoms with E-state index in [1.54, 1.807) is 0 Å². The molecule has 0 aliphatic heterocycles. The van der Waals surface area contributed by atoms with E-state index in [2.05, 4.69) is 10.3 Å². The molecule has 0 saturated carbocycles. The molecule has 1 amide bonds. The van der Waals surface area contributed by atoms with Gasteiger partial charge in [0.05, 0.1) is 6.04 Å². The highest BCUT2D eigenvalue weighted by molar-refractivity contribution is 5.98. The lowest BCUT2D eigenvalue weighted by atomic mass is 10.2. The number of nitrogens with one attached hydrogen (secondary N) is 2. The van der Waals surface area contributed by atoms with E-state index in [-0.39, 0.29) is 11.9 Å². The summed E-state index contributed by atoms with van der Waals surface area (Å²) in [6, 6.07) is 13.3. The maximum absolute atomic E-state index is 12.2. The van der Waals surface area contributed by atoms with E-state index in [4.69, 9.17) is 4.42 Å². The molecule has 3 rings (SSSR count). The zero-order chi connectivity index (χ0) is 14.1. The van der Waals surface area contributed by atoms with Gasteiger partial charge < -0.3 is 14.7 Å². The molecular formula is C16H16N2O2. The molecular weight excluding hydrogens is 252 g/mol. The summed E-state index contributed by atoms with van der Waals surface area (Å²) in [6.07, 6.45) is 0. The number of carbonyl (C=O) groups excluding carboxylic acids is 1. The maximum Gasteiger partial charge on any atom is 0.268 e.